The average molecular weight is 244 g/mol. The summed E-state index contributed by atoms with van der Waals surface area (Å²) in [6.07, 6.45) is 4.66. The minimum absolute atomic E-state index is 0.0186. The molecular formula is C12H24N2O3. The van der Waals surface area contributed by atoms with Gasteiger partial charge in [-0.05, 0) is 26.7 Å². The monoisotopic (exact) mass is 244 g/mol. The maximum Gasteiger partial charge on any atom is 0.220 e. The summed E-state index contributed by atoms with van der Waals surface area (Å²) in [5.74, 6) is 0.116. The Morgan fingerprint density at radius 2 is 1.65 bits per heavy atom. The Bertz CT molecular complexity index is 230. The van der Waals surface area contributed by atoms with Gasteiger partial charge < -0.3 is 10.5 Å². The molecule has 0 radical (unpaired) electrons. The van der Waals surface area contributed by atoms with E-state index in [1.165, 1.54) is 0 Å². The second-order valence-corrected chi connectivity index (χ2v) is 4.51. The zero-order valence-electron chi connectivity index (χ0n) is 10.8. The summed E-state index contributed by atoms with van der Waals surface area (Å²) in [5.41, 5.74) is 1.85. The summed E-state index contributed by atoms with van der Waals surface area (Å²) in [5, 5.41) is 11.1. The Morgan fingerprint density at radius 3 is 2.18 bits per heavy atom. The predicted molar refractivity (Wildman–Crippen MR) is 65.8 cm³/mol. The third-order valence-electron chi connectivity index (χ3n) is 2.34. The van der Waals surface area contributed by atoms with E-state index in [9.17, 15) is 9.59 Å². The van der Waals surface area contributed by atoms with E-state index in [0.29, 0.717) is 12.8 Å². The van der Waals surface area contributed by atoms with Gasteiger partial charge >= 0.3 is 0 Å². The first-order valence-electron chi connectivity index (χ1n) is 6.24. The number of carbonyl (C=O) groups is 2. The Kier molecular flexibility index (Phi) is 9.66. The number of nitrogens with one attached hydrogen (secondary N) is 2. The topological polar surface area (TPSA) is 78.4 Å². The van der Waals surface area contributed by atoms with E-state index in [4.69, 9.17) is 5.21 Å². The minimum Gasteiger partial charge on any atom is -0.354 e. The summed E-state index contributed by atoms with van der Waals surface area (Å²) < 4.78 is 0. The highest BCUT2D eigenvalue weighted by atomic mass is 16.5. The SMILES string of the molecule is CC(C)NC(=O)CCCCCCC(=O)CNO. The van der Waals surface area contributed by atoms with Crippen molar-refractivity contribution in [3.63, 3.8) is 0 Å². The van der Waals surface area contributed by atoms with Crippen LogP contribution in [-0.4, -0.2) is 29.5 Å². The van der Waals surface area contributed by atoms with Crippen LogP contribution in [0, 0.1) is 0 Å². The molecule has 5 nitrogen and oxygen atoms in total. The van der Waals surface area contributed by atoms with Crippen LogP contribution in [-0.2, 0) is 9.59 Å². The lowest BCUT2D eigenvalue weighted by atomic mass is 10.1. The first kappa shape index (κ1) is 16.1. The van der Waals surface area contributed by atoms with Crippen molar-refractivity contribution in [1.82, 2.24) is 10.8 Å². The number of unbranched alkanes of at least 4 members (excludes halogenated alkanes) is 3. The molecule has 17 heavy (non-hydrogen) atoms. The van der Waals surface area contributed by atoms with E-state index in [2.05, 4.69) is 5.32 Å². The van der Waals surface area contributed by atoms with Crippen molar-refractivity contribution in [2.24, 2.45) is 0 Å². The Labute approximate surface area is 103 Å². The summed E-state index contributed by atoms with van der Waals surface area (Å²) in [7, 11) is 0. The first-order valence-corrected chi connectivity index (χ1v) is 6.24. The molecule has 0 aromatic heterocycles. The second kappa shape index (κ2) is 10.2. The fraction of sp³-hybridized carbons (Fsp3) is 0.833. The number of hydrogen-bond acceptors (Lipinski definition) is 4. The lowest BCUT2D eigenvalue weighted by Crippen LogP contribution is -2.29. The molecule has 0 bridgehead atoms. The van der Waals surface area contributed by atoms with E-state index < -0.39 is 0 Å². The first-order chi connectivity index (χ1) is 8.06. The fourth-order valence-electron chi connectivity index (χ4n) is 1.53. The number of Topliss-reactive ketones (excluding diaryl/α,β-unsaturated/α-hetero) is 1. The quantitative estimate of drug-likeness (QED) is 0.401. The van der Waals surface area contributed by atoms with Crippen LogP contribution >= 0.6 is 0 Å². The summed E-state index contributed by atoms with van der Waals surface area (Å²) >= 11 is 0. The van der Waals surface area contributed by atoms with Crippen molar-refractivity contribution in [2.45, 2.75) is 58.4 Å². The Hall–Kier alpha value is -0.940. The number of amides is 1. The zero-order chi connectivity index (χ0) is 13.1. The zero-order valence-corrected chi connectivity index (χ0v) is 10.8. The van der Waals surface area contributed by atoms with Gasteiger partial charge in [0.25, 0.3) is 0 Å². The molecule has 0 fully saturated rings. The van der Waals surface area contributed by atoms with E-state index in [1.807, 2.05) is 19.3 Å². The van der Waals surface area contributed by atoms with Crippen LogP contribution in [0.15, 0.2) is 0 Å². The molecule has 0 aromatic carbocycles. The molecular weight excluding hydrogens is 220 g/mol. The highest BCUT2D eigenvalue weighted by molar-refractivity contribution is 5.80. The summed E-state index contributed by atoms with van der Waals surface area (Å²) in [6.45, 7) is 3.91. The Morgan fingerprint density at radius 1 is 1.06 bits per heavy atom. The van der Waals surface area contributed by atoms with Gasteiger partial charge in [0.15, 0.2) is 0 Å². The molecule has 0 spiro atoms. The number of hydroxylamine groups is 1. The van der Waals surface area contributed by atoms with E-state index in [0.717, 1.165) is 25.7 Å². The van der Waals surface area contributed by atoms with E-state index in [1.54, 1.807) is 0 Å². The lowest BCUT2D eigenvalue weighted by Gasteiger charge is -2.07. The number of ketones is 1. The molecule has 0 unspecified atom stereocenters. The van der Waals surface area contributed by atoms with Crippen molar-refractivity contribution in [2.75, 3.05) is 6.54 Å². The van der Waals surface area contributed by atoms with Gasteiger partial charge in [-0.1, -0.05) is 12.8 Å². The van der Waals surface area contributed by atoms with Gasteiger partial charge in [-0.25, -0.2) is 0 Å². The van der Waals surface area contributed by atoms with Gasteiger partial charge in [0, 0.05) is 18.9 Å². The van der Waals surface area contributed by atoms with Crippen molar-refractivity contribution in [1.29, 1.82) is 0 Å². The predicted octanol–water partition coefficient (Wildman–Crippen LogP) is 1.40. The van der Waals surface area contributed by atoms with Crippen LogP contribution in [0.25, 0.3) is 0 Å². The number of carbonyl (C=O) groups excluding carboxylic acids is 2. The molecule has 0 aromatic rings. The molecule has 0 rings (SSSR count). The smallest absolute Gasteiger partial charge is 0.220 e. The van der Waals surface area contributed by atoms with Crippen LogP contribution in [0.3, 0.4) is 0 Å². The minimum atomic E-state index is 0.0186. The van der Waals surface area contributed by atoms with Gasteiger partial charge in [0.2, 0.25) is 5.91 Å². The maximum atomic E-state index is 11.3. The number of rotatable bonds is 10. The summed E-state index contributed by atoms with van der Waals surface area (Å²) in [6, 6.07) is 0.200. The van der Waals surface area contributed by atoms with Crippen LogP contribution in [0.2, 0.25) is 0 Å². The van der Waals surface area contributed by atoms with Gasteiger partial charge in [-0.2, -0.15) is 5.48 Å². The standard InChI is InChI=1S/C12H24N2O3/c1-10(2)14-12(16)8-6-4-3-5-7-11(15)9-13-17/h10,13,17H,3-9H2,1-2H3,(H,14,16). The van der Waals surface area contributed by atoms with E-state index >= 15 is 0 Å². The van der Waals surface area contributed by atoms with Gasteiger partial charge in [0.1, 0.15) is 5.78 Å². The Balaban J connectivity index is 3.29. The van der Waals surface area contributed by atoms with Crippen LogP contribution in [0.5, 0.6) is 0 Å². The third kappa shape index (κ3) is 11.3. The van der Waals surface area contributed by atoms with Crippen molar-refractivity contribution in [3.05, 3.63) is 0 Å². The van der Waals surface area contributed by atoms with Crippen molar-refractivity contribution in [3.8, 4) is 0 Å². The fourth-order valence-corrected chi connectivity index (χ4v) is 1.53. The summed E-state index contributed by atoms with van der Waals surface area (Å²) in [4.78, 5) is 22.3. The maximum absolute atomic E-state index is 11.3. The lowest BCUT2D eigenvalue weighted by molar-refractivity contribution is -0.122. The molecule has 1 amide bonds. The van der Waals surface area contributed by atoms with Gasteiger partial charge in [0.05, 0.1) is 6.54 Å². The molecule has 0 aliphatic heterocycles. The highest BCUT2D eigenvalue weighted by Gasteiger charge is 2.03. The largest absolute Gasteiger partial charge is 0.354 e. The molecule has 0 heterocycles. The molecule has 0 aliphatic rings. The molecule has 0 saturated carbocycles. The molecule has 0 saturated heterocycles. The number of hydrogen-bond donors (Lipinski definition) is 3. The average Bonchev–Trinajstić information content (AvgIpc) is 2.22. The molecule has 3 N–H and O–H groups in total. The normalized spacial score (nSPS) is 10.6. The third-order valence-corrected chi connectivity index (χ3v) is 2.34. The highest BCUT2D eigenvalue weighted by Crippen LogP contribution is 2.05. The van der Waals surface area contributed by atoms with Crippen LogP contribution in [0.4, 0.5) is 0 Å². The van der Waals surface area contributed by atoms with E-state index in [-0.39, 0.29) is 24.3 Å². The molecule has 100 valence electrons. The molecule has 0 aliphatic carbocycles. The van der Waals surface area contributed by atoms with Gasteiger partial charge in [-0.3, -0.25) is 9.59 Å². The van der Waals surface area contributed by atoms with Crippen LogP contribution in [0.1, 0.15) is 52.4 Å². The molecule has 5 heteroatoms. The van der Waals surface area contributed by atoms with Crippen molar-refractivity contribution < 1.29 is 14.8 Å². The van der Waals surface area contributed by atoms with Crippen molar-refractivity contribution >= 4 is 11.7 Å². The molecule has 0 atom stereocenters. The van der Waals surface area contributed by atoms with Crippen LogP contribution < -0.4 is 10.8 Å². The second-order valence-electron chi connectivity index (χ2n) is 4.51. The van der Waals surface area contributed by atoms with Gasteiger partial charge in [-0.15, -0.1) is 0 Å².